The van der Waals surface area contributed by atoms with E-state index >= 15 is 0 Å². The average molecular weight is 312 g/mol. The summed E-state index contributed by atoms with van der Waals surface area (Å²) in [5.41, 5.74) is 1.89. The molecule has 1 aliphatic rings. The van der Waals surface area contributed by atoms with Gasteiger partial charge < -0.3 is 14.2 Å². The molecule has 2 atom stereocenters. The topological polar surface area (TPSA) is 72.8 Å². The fourth-order valence-corrected chi connectivity index (χ4v) is 4.15. The van der Waals surface area contributed by atoms with Crippen molar-refractivity contribution in [2.45, 2.75) is 32.3 Å². The van der Waals surface area contributed by atoms with Crippen LogP contribution in [0, 0.1) is 5.92 Å². The summed E-state index contributed by atoms with van der Waals surface area (Å²) < 4.78 is 23.0. The van der Waals surface area contributed by atoms with Crippen molar-refractivity contribution in [3.05, 3.63) is 35.4 Å². The summed E-state index contributed by atoms with van der Waals surface area (Å²) in [7, 11) is -3.09. The Labute approximate surface area is 124 Å². The highest BCUT2D eigenvalue weighted by Crippen LogP contribution is 2.52. The Balaban J connectivity index is 2.02. The molecule has 0 radical (unpaired) electrons. The summed E-state index contributed by atoms with van der Waals surface area (Å²) in [6.45, 7) is 4.26. The summed E-state index contributed by atoms with van der Waals surface area (Å²) in [6, 6.07) is 7.56. The van der Waals surface area contributed by atoms with E-state index in [1.165, 1.54) is 0 Å². The van der Waals surface area contributed by atoms with Crippen LogP contribution in [-0.4, -0.2) is 24.3 Å². The first-order chi connectivity index (χ1) is 9.99. The van der Waals surface area contributed by atoms with Crippen LogP contribution in [0.15, 0.2) is 24.3 Å². The lowest BCUT2D eigenvalue weighted by molar-refractivity contribution is -0.138. The van der Waals surface area contributed by atoms with Gasteiger partial charge in [0.1, 0.15) is 0 Å². The van der Waals surface area contributed by atoms with E-state index in [0.717, 1.165) is 11.1 Å². The van der Waals surface area contributed by atoms with Crippen molar-refractivity contribution in [2.24, 2.45) is 5.92 Å². The molecule has 1 aromatic carbocycles. The lowest BCUT2D eigenvalue weighted by atomic mass is 10.1. The van der Waals surface area contributed by atoms with Gasteiger partial charge in [0.15, 0.2) is 0 Å². The van der Waals surface area contributed by atoms with Crippen molar-refractivity contribution in [3.63, 3.8) is 0 Å². The largest absolute Gasteiger partial charge is 0.481 e. The third-order valence-corrected chi connectivity index (χ3v) is 5.60. The normalized spacial score (nSPS) is 21.2. The van der Waals surface area contributed by atoms with Gasteiger partial charge in [-0.1, -0.05) is 24.3 Å². The number of hydrogen-bond donors (Lipinski definition) is 1. The van der Waals surface area contributed by atoms with E-state index in [4.69, 9.17) is 14.2 Å². The molecular weight excluding hydrogens is 291 g/mol. The summed E-state index contributed by atoms with van der Waals surface area (Å²) in [6.07, 6.45) is 0.938. The lowest BCUT2D eigenvalue weighted by Crippen LogP contribution is -2.00. The van der Waals surface area contributed by atoms with E-state index < -0.39 is 13.6 Å². The third-order valence-electron chi connectivity index (χ3n) is 3.54. The first-order valence-electron chi connectivity index (χ1n) is 7.19. The Morgan fingerprint density at radius 2 is 1.81 bits per heavy atom. The molecule has 2 rings (SSSR count). The monoisotopic (exact) mass is 312 g/mol. The van der Waals surface area contributed by atoms with Crippen molar-refractivity contribution in [2.75, 3.05) is 13.2 Å². The highest BCUT2D eigenvalue weighted by atomic mass is 31.2. The van der Waals surface area contributed by atoms with E-state index in [0.29, 0.717) is 19.6 Å². The van der Waals surface area contributed by atoms with E-state index in [9.17, 15) is 9.36 Å². The molecule has 0 amide bonds. The molecule has 0 bridgehead atoms. The molecule has 1 saturated carbocycles. The summed E-state index contributed by atoms with van der Waals surface area (Å²) in [5.74, 6) is -0.878. The Bertz CT molecular complexity index is 529. The van der Waals surface area contributed by atoms with Crippen LogP contribution < -0.4 is 0 Å². The molecule has 1 fully saturated rings. The Kier molecular flexibility index (Phi) is 5.20. The summed E-state index contributed by atoms with van der Waals surface area (Å²) in [4.78, 5) is 10.9. The van der Waals surface area contributed by atoms with Gasteiger partial charge in [-0.15, -0.1) is 0 Å². The van der Waals surface area contributed by atoms with E-state index in [1.807, 2.05) is 24.3 Å². The zero-order valence-electron chi connectivity index (χ0n) is 12.3. The molecule has 0 unspecified atom stereocenters. The molecule has 116 valence electrons. The zero-order valence-corrected chi connectivity index (χ0v) is 13.2. The molecule has 0 spiro atoms. The number of benzene rings is 1. The smallest absolute Gasteiger partial charge is 0.335 e. The number of carbonyl (C=O) groups is 1. The van der Waals surface area contributed by atoms with Gasteiger partial charge >= 0.3 is 13.6 Å². The van der Waals surface area contributed by atoms with Crippen LogP contribution in [0.25, 0.3) is 0 Å². The molecule has 5 nitrogen and oxygen atoms in total. The highest BCUT2D eigenvalue weighted by molar-refractivity contribution is 7.53. The maximum absolute atomic E-state index is 12.4. The molecule has 0 heterocycles. The Morgan fingerprint density at radius 3 is 2.24 bits per heavy atom. The predicted molar refractivity (Wildman–Crippen MR) is 79.5 cm³/mol. The predicted octanol–water partition coefficient (Wildman–Crippen LogP) is 3.64. The minimum absolute atomic E-state index is 0.113. The second-order valence-corrected chi connectivity index (χ2v) is 7.19. The van der Waals surface area contributed by atoms with Crippen molar-refractivity contribution in [3.8, 4) is 0 Å². The van der Waals surface area contributed by atoms with Gasteiger partial charge in [-0.25, -0.2) is 0 Å². The zero-order chi connectivity index (χ0) is 15.5. The molecular formula is C15H21O5P. The highest BCUT2D eigenvalue weighted by Gasteiger charge is 2.44. The van der Waals surface area contributed by atoms with E-state index in [-0.39, 0.29) is 18.0 Å². The van der Waals surface area contributed by atoms with Crippen LogP contribution in [-0.2, 0) is 24.6 Å². The van der Waals surface area contributed by atoms with Crippen LogP contribution in [0.2, 0.25) is 0 Å². The number of carboxylic acids is 1. The minimum Gasteiger partial charge on any atom is -0.481 e. The van der Waals surface area contributed by atoms with E-state index in [1.54, 1.807) is 13.8 Å². The molecule has 1 N–H and O–H groups in total. The number of aliphatic carboxylic acids is 1. The van der Waals surface area contributed by atoms with Gasteiger partial charge in [0.2, 0.25) is 0 Å². The van der Waals surface area contributed by atoms with Crippen LogP contribution in [0.4, 0.5) is 0 Å². The summed E-state index contributed by atoms with van der Waals surface area (Å²) >= 11 is 0. The minimum atomic E-state index is -3.09. The molecule has 0 aliphatic heterocycles. The Hall–Kier alpha value is -1.16. The number of carboxylic acid groups (broad SMARTS) is 1. The fourth-order valence-electron chi connectivity index (χ4n) is 2.45. The molecule has 1 aliphatic carbocycles. The summed E-state index contributed by atoms with van der Waals surface area (Å²) in [5, 5.41) is 8.94. The quantitative estimate of drug-likeness (QED) is 0.742. The van der Waals surface area contributed by atoms with E-state index in [2.05, 4.69) is 0 Å². The number of rotatable bonds is 8. The van der Waals surface area contributed by atoms with Crippen molar-refractivity contribution < 1.29 is 23.5 Å². The van der Waals surface area contributed by atoms with Gasteiger partial charge in [0.05, 0.1) is 25.3 Å². The first-order valence-corrected chi connectivity index (χ1v) is 8.91. The third kappa shape index (κ3) is 4.16. The molecule has 0 saturated heterocycles. The van der Waals surface area contributed by atoms with Crippen LogP contribution in [0.5, 0.6) is 0 Å². The van der Waals surface area contributed by atoms with Gasteiger partial charge in [-0.3, -0.25) is 9.36 Å². The Morgan fingerprint density at radius 1 is 1.24 bits per heavy atom. The molecule has 6 heteroatoms. The SMILES string of the molecule is CCOP(=O)(Cc1ccc([C@H]2C[C@H]2C(=O)O)cc1)OCC. The van der Waals surface area contributed by atoms with Crippen LogP contribution in [0.1, 0.15) is 37.3 Å². The first kappa shape index (κ1) is 16.2. The van der Waals surface area contributed by atoms with Gasteiger partial charge in [-0.05, 0) is 37.3 Å². The molecule has 1 aromatic rings. The number of hydrogen-bond acceptors (Lipinski definition) is 4. The average Bonchev–Trinajstić information content (AvgIpc) is 3.20. The standard InChI is InChI=1S/C15H21O5P/c1-3-19-21(18,20-4-2)10-11-5-7-12(8-6-11)13-9-14(13)15(16)17/h5-8,13-14H,3-4,9-10H2,1-2H3,(H,16,17)/t13-,14-/m1/s1. The van der Waals surface area contributed by atoms with Gasteiger partial charge in [0.25, 0.3) is 0 Å². The maximum Gasteiger partial charge on any atom is 0.335 e. The van der Waals surface area contributed by atoms with Gasteiger partial charge in [-0.2, -0.15) is 0 Å². The van der Waals surface area contributed by atoms with Crippen LogP contribution >= 0.6 is 7.60 Å². The lowest BCUT2D eigenvalue weighted by Gasteiger charge is -2.17. The second kappa shape index (κ2) is 6.73. The molecule has 21 heavy (non-hydrogen) atoms. The molecule has 0 aromatic heterocycles. The second-order valence-electron chi connectivity index (χ2n) is 5.13. The fraction of sp³-hybridized carbons (Fsp3) is 0.533. The van der Waals surface area contributed by atoms with Crippen molar-refractivity contribution in [1.29, 1.82) is 0 Å². The van der Waals surface area contributed by atoms with Crippen molar-refractivity contribution in [1.82, 2.24) is 0 Å². The maximum atomic E-state index is 12.4. The van der Waals surface area contributed by atoms with Crippen LogP contribution in [0.3, 0.4) is 0 Å². The van der Waals surface area contributed by atoms with Crippen molar-refractivity contribution >= 4 is 13.6 Å². The van der Waals surface area contributed by atoms with Gasteiger partial charge in [0, 0.05) is 0 Å².